The first-order chi connectivity index (χ1) is 19.5. The summed E-state index contributed by atoms with van der Waals surface area (Å²) in [7, 11) is 0. The van der Waals surface area contributed by atoms with Crippen molar-refractivity contribution in [3.05, 3.63) is 58.7 Å². The number of hydrogen-bond donors (Lipinski definition) is 2. The first kappa shape index (κ1) is 34.3. The lowest BCUT2D eigenvalue weighted by atomic mass is 9.93. The summed E-state index contributed by atoms with van der Waals surface area (Å²) in [6, 6.07) is 13.5. The number of hydrogen-bond acceptors (Lipinski definition) is 4. The van der Waals surface area contributed by atoms with E-state index < -0.39 is 0 Å². The van der Waals surface area contributed by atoms with E-state index in [2.05, 4.69) is 94.2 Å². The molecule has 2 rings (SSSR count). The number of aryl methyl sites for hydroxylation is 3. The van der Waals surface area contributed by atoms with Crippen molar-refractivity contribution in [2.45, 2.75) is 105 Å². The molecule has 0 aliphatic rings. The van der Waals surface area contributed by atoms with E-state index in [1.807, 2.05) is 0 Å². The first-order valence-corrected chi connectivity index (χ1v) is 17.9. The molecular formula is C34H54N4S2. The van der Waals surface area contributed by atoms with Crippen LogP contribution >= 0.6 is 23.5 Å². The van der Waals surface area contributed by atoms with Gasteiger partial charge in [-0.05, 0) is 85.6 Å². The maximum absolute atomic E-state index is 4.94. The first-order valence-electron chi connectivity index (χ1n) is 15.5. The minimum absolute atomic E-state index is 0.530. The molecule has 0 spiro atoms. The Kier molecular flexibility index (Phi) is 17.2. The smallest absolute Gasteiger partial charge is 0.160 e. The Bertz CT molecular complexity index is 1040. The van der Waals surface area contributed by atoms with Crippen molar-refractivity contribution < 1.29 is 0 Å². The van der Waals surface area contributed by atoms with E-state index in [4.69, 9.17) is 9.98 Å². The van der Waals surface area contributed by atoms with Gasteiger partial charge in [0.05, 0.1) is 0 Å². The maximum Gasteiger partial charge on any atom is 0.160 e. The Morgan fingerprint density at radius 3 is 1.57 bits per heavy atom. The SMILES string of the molecule is CCCc1cccc(CCC)c1NC(=NCCCCCN=C(Nc1c(CCC)cccc1C(C)CC)SC)SC. The van der Waals surface area contributed by atoms with Crippen LogP contribution in [0.1, 0.15) is 108 Å². The van der Waals surface area contributed by atoms with E-state index in [9.17, 15) is 0 Å². The molecule has 0 bridgehead atoms. The highest BCUT2D eigenvalue weighted by molar-refractivity contribution is 8.13. The Hall–Kier alpha value is -1.92. The number of rotatable bonds is 16. The van der Waals surface area contributed by atoms with Crippen molar-refractivity contribution in [3.8, 4) is 0 Å². The highest BCUT2D eigenvalue weighted by Crippen LogP contribution is 2.31. The third kappa shape index (κ3) is 11.2. The van der Waals surface area contributed by atoms with Crippen molar-refractivity contribution in [2.24, 2.45) is 9.98 Å². The highest BCUT2D eigenvalue weighted by Gasteiger charge is 2.14. The summed E-state index contributed by atoms with van der Waals surface area (Å²) < 4.78 is 0. The molecule has 0 aromatic heterocycles. The molecule has 4 nitrogen and oxygen atoms in total. The van der Waals surface area contributed by atoms with Gasteiger partial charge >= 0.3 is 0 Å². The van der Waals surface area contributed by atoms with Gasteiger partial charge in [-0.1, -0.05) is 114 Å². The number of amidine groups is 2. The molecule has 2 aromatic rings. The fourth-order valence-corrected chi connectivity index (χ4v) is 5.78. The minimum Gasteiger partial charge on any atom is -0.335 e. The van der Waals surface area contributed by atoms with Crippen LogP contribution in [0.2, 0.25) is 0 Å². The second kappa shape index (κ2) is 20.0. The molecule has 0 aliphatic carbocycles. The molecule has 40 heavy (non-hydrogen) atoms. The fraction of sp³-hybridized carbons (Fsp3) is 0.588. The molecule has 0 fully saturated rings. The third-order valence-electron chi connectivity index (χ3n) is 7.30. The van der Waals surface area contributed by atoms with Gasteiger partial charge in [-0.15, -0.1) is 0 Å². The van der Waals surface area contributed by atoms with E-state index in [1.165, 1.54) is 33.6 Å². The number of thioether (sulfide) groups is 2. The van der Waals surface area contributed by atoms with Crippen molar-refractivity contribution >= 4 is 45.2 Å². The van der Waals surface area contributed by atoms with Crippen LogP contribution < -0.4 is 10.6 Å². The Morgan fingerprint density at radius 1 is 0.675 bits per heavy atom. The maximum atomic E-state index is 4.94. The Labute approximate surface area is 254 Å². The quantitative estimate of drug-likeness (QED) is 0.117. The average Bonchev–Trinajstić information content (AvgIpc) is 2.97. The summed E-state index contributed by atoms with van der Waals surface area (Å²) in [5.74, 6) is 0.530. The monoisotopic (exact) mass is 582 g/mol. The zero-order valence-electron chi connectivity index (χ0n) is 26.2. The van der Waals surface area contributed by atoms with Crippen LogP contribution in [0.5, 0.6) is 0 Å². The zero-order valence-corrected chi connectivity index (χ0v) is 27.9. The van der Waals surface area contributed by atoms with Gasteiger partial charge in [0, 0.05) is 24.5 Å². The van der Waals surface area contributed by atoms with Crippen LogP contribution in [-0.4, -0.2) is 35.9 Å². The van der Waals surface area contributed by atoms with E-state index in [0.29, 0.717) is 5.92 Å². The van der Waals surface area contributed by atoms with Crippen molar-refractivity contribution in [3.63, 3.8) is 0 Å². The predicted octanol–water partition coefficient (Wildman–Crippen LogP) is 10.2. The van der Waals surface area contributed by atoms with Crippen LogP contribution in [0.3, 0.4) is 0 Å². The molecule has 0 saturated heterocycles. The van der Waals surface area contributed by atoms with E-state index >= 15 is 0 Å². The lowest BCUT2D eigenvalue weighted by Gasteiger charge is -2.20. The summed E-state index contributed by atoms with van der Waals surface area (Å²) in [6.45, 7) is 13.0. The van der Waals surface area contributed by atoms with Gasteiger partial charge in [0.15, 0.2) is 10.3 Å². The number of unbranched alkanes of at least 4 members (excludes halogenated alkanes) is 2. The van der Waals surface area contributed by atoms with Gasteiger partial charge in [0.2, 0.25) is 0 Å². The molecule has 0 aliphatic heterocycles. The largest absolute Gasteiger partial charge is 0.335 e. The zero-order chi connectivity index (χ0) is 29.2. The van der Waals surface area contributed by atoms with Gasteiger partial charge in [-0.2, -0.15) is 0 Å². The van der Waals surface area contributed by atoms with Gasteiger partial charge in [-0.3, -0.25) is 9.98 Å². The minimum atomic E-state index is 0.530. The Balaban J connectivity index is 1.94. The lowest BCUT2D eigenvalue weighted by molar-refractivity contribution is 0.697. The molecule has 0 radical (unpaired) electrons. The second-order valence-corrected chi connectivity index (χ2v) is 12.1. The summed E-state index contributed by atoms with van der Waals surface area (Å²) in [5.41, 5.74) is 8.17. The number of nitrogens with zero attached hydrogens (tertiary/aromatic N) is 2. The molecule has 6 heteroatoms. The number of anilines is 2. The predicted molar refractivity (Wildman–Crippen MR) is 186 cm³/mol. The van der Waals surface area contributed by atoms with Crippen LogP contribution in [0.15, 0.2) is 46.4 Å². The molecule has 1 atom stereocenters. The van der Waals surface area contributed by atoms with E-state index in [1.54, 1.807) is 23.5 Å². The summed E-state index contributed by atoms with van der Waals surface area (Å²) in [4.78, 5) is 9.86. The molecule has 0 saturated carbocycles. The van der Waals surface area contributed by atoms with Gasteiger partial charge < -0.3 is 10.6 Å². The normalized spacial score (nSPS) is 13.0. The standard InChI is InChI=1S/C34H54N4S2/c1-8-17-27-20-15-21-28(18-9-2)31(27)37-33(39-6)35-24-13-12-14-25-36-34(40-7)38-32-29(19-10-3)22-16-23-30(32)26(5)11-4/h15-16,20-23,26H,8-14,17-19,24-25H2,1-7H3,(H,35,37)(H,36,38). The van der Waals surface area contributed by atoms with Gasteiger partial charge in [0.1, 0.15) is 0 Å². The second-order valence-electron chi connectivity index (χ2n) is 10.5. The summed E-state index contributed by atoms with van der Waals surface area (Å²) >= 11 is 3.42. The fourth-order valence-electron chi connectivity index (χ4n) is 4.94. The van der Waals surface area contributed by atoms with Crippen molar-refractivity contribution in [1.82, 2.24) is 0 Å². The van der Waals surface area contributed by atoms with Crippen molar-refractivity contribution in [1.29, 1.82) is 0 Å². The number of aliphatic imine (C=N–C) groups is 2. The lowest BCUT2D eigenvalue weighted by Crippen LogP contribution is -2.13. The van der Waals surface area contributed by atoms with Crippen molar-refractivity contribution in [2.75, 3.05) is 36.2 Å². The number of benzene rings is 2. The van der Waals surface area contributed by atoms with E-state index in [0.717, 1.165) is 87.6 Å². The topological polar surface area (TPSA) is 48.8 Å². The highest BCUT2D eigenvalue weighted by atomic mass is 32.2. The summed E-state index contributed by atoms with van der Waals surface area (Å²) in [6.07, 6.45) is 15.4. The van der Waals surface area contributed by atoms with E-state index in [-0.39, 0.29) is 0 Å². The molecule has 0 amide bonds. The van der Waals surface area contributed by atoms with Crippen LogP contribution in [0, 0.1) is 0 Å². The van der Waals surface area contributed by atoms with Crippen LogP contribution in [-0.2, 0) is 19.3 Å². The van der Waals surface area contributed by atoms with Gasteiger partial charge in [0.25, 0.3) is 0 Å². The average molecular weight is 583 g/mol. The van der Waals surface area contributed by atoms with Gasteiger partial charge in [-0.25, -0.2) is 0 Å². The molecule has 2 N–H and O–H groups in total. The molecule has 1 unspecified atom stereocenters. The molecular weight excluding hydrogens is 529 g/mol. The molecule has 2 aromatic carbocycles. The van der Waals surface area contributed by atoms with Crippen LogP contribution in [0.25, 0.3) is 0 Å². The number of para-hydroxylation sites is 2. The molecule has 0 heterocycles. The third-order valence-corrected chi connectivity index (χ3v) is 8.53. The molecule has 222 valence electrons. The summed E-state index contributed by atoms with van der Waals surface area (Å²) in [5, 5.41) is 9.46. The number of nitrogens with one attached hydrogen (secondary N) is 2. The van der Waals surface area contributed by atoms with Crippen LogP contribution in [0.4, 0.5) is 11.4 Å². The Morgan fingerprint density at radius 2 is 1.12 bits per heavy atom.